The van der Waals surface area contributed by atoms with Crippen molar-refractivity contribution in [1.82, 2.24) is 0 Å². The predicted molar refractivity (Wildman–Crippen MR) is 53.6 cm³/mol. The molecule has 0 aromatic rings. The summed E-state index contributed by atoms with van der Waals surface area (Å²) in [7, 11) is 0.174. The molecule has 3 heteroatoms. The molecule has 0 amide bonds. The van der Waals surface area contributed by atoms with Crippen LogP contribution in [0.2, 0.25) is 12.1 Å². The first-order valence-electron chi connectivity index (χ1n) is 5.06. The number of ether oxygens (including phenoxy) is 2. The van der Waals surface area contributed by atoms with Crippen LogP contribution in [0.5, 0.6) is 0 Å². The molecule has 1 aliphatic heterocycles. The molecular formula is C9H20O2Si. The Bertz CT molecular complexity index is 115. The molecule has 0 spiro atoms. The molecule has 2 atom stereocenters. The molecular weight excluding hydrogens is 168 g/mol. The second-order valence-corrected chi connectivity index (χ2v) is 5.59. The lowest BCUT2D eigenvalue weighted by atomic mass is 10.4. The zero-order valence-electron chi connectivity index (χ0n) is 8.21. The fourth-order valence-corrected chi connectivity index (χ4v) is 2.73. The van der Waals surface area contributed by atoms with Crippen LogP contribution in [0.1, 0.15) is 20.3 Å². The molecule has 72 valence electrons. The summed E-state index contributed by atoms with van der Waals surface area (Å²) in [6, 6.07) is 2.80. The molecule has 0 aliphatic carbocycles. The highest BCUT2D eigenvalue weighted by molar-refractivity contribution is 6.35. The second kappa shape index (κ2) is 5.73. The van der Waals surface area contributed by atoms with Gasteiger partial charge in [0.1, 0.15) is 6.10 Å². The van der Waals surface area contributed by atoms with Gasteiger partial charge in [0.15, 0.2) is 0 Å². The van der Waals surface area contributed by atoms with Crippen molar-refractivity contribution in [2.45, 2.75) is 44.6 Å². The van der Waals surface area contributed by atoms with E-state index in [4.69, 9.17) is 9.47 Å². The van der Waals surface area contributed by atoms with Crippen LogP contribution in [0.25, 0.3) is 0 Å². The van der Waals surface area contributed by atoms with Gasteiger partial charge < -0.3 is 9.47 Å². The maximum Gasteiger partial charge on any atom is 0.104 e. The van der Waals surface area contributed by atoms with Crippen LogP contribution in [-0.4, -0.2) is 34.9 Å². The fourth-order valence-electron chi connectivity index (χ4n) is 1.20. The van der Waals surface area contributed by atoms with Crippen LogP contribution >= 0.6 is 0 Å². The minimum Gasteiger partial charge on any atom is -0.376 e. The summed E-state index contributed by atoms with van der Waals surface area (Å²) in [6.07, 6.45) is 2.26. The number of epoxide rings is 1. The van der Waals surface area contributed by atoms with E-state index < -0.39 is 0 Å². The van der Waals surface area contributed by atoms with Gasteiger partial charge >= 0.3 is 0 Å². The van der Waals surface area contributed by atoms with Gasteiger partial charge in [0, 0.05) is 9.52 Å². The zero-order valence-corrected chi connectivity index (χ0v) is 9.63. The molecule has 0 N–H and O–H groups in total. The summed E-state index contributed by atoms with van der Waals surface area (Å²) in [6.45, 7) is 6.18. The van der Waals surface area contributed by atoms with E-state index in [0.717, 1.165) is 13.2 Å². The zero-order chi connectivity index (χ0) is 8.81. The summed E-state index contributed by atoms with van der Waals surface area (Å²) < 4.78 is 10.7. The SMILES string of the molecule is CCC[SiH2]CC(C)OCC1CO1. The van der Waals surface area contributed by atoms with Crippen molar-refractivity contribution in [2.24, 2.45) is 0 Å². The van der Waals surface area contributed by atoms with Crippen molar-refractivity contribution in [2.75, 3.05) is 13.2 Å². The molecule has 1 saturated heterocycles. The normalized spacial score (nSPS) is 25.0. The Kier molecular flexibility index (Phi) is 4.88. The Morgan fingerprint density at radius 1 is 1.67 bits per heavy atom. The Morgan fingerprint density at radius 2 is 2.42 bits per heavy atom. The molecule has 0 aromatic carbocycles. The highest BCUT2D eigenvalue weighted by Crippen LogP contribution is 2.11. The first-order chi connectivity index (χ1) is 5.83. The van der Waals surface area contributed by atoms with Crippen LogP contribution < -0.4 is 0 Å². The van der Waals surface area contributed by atoms with Gasteiger partial charge in [0.25, 0.3) is 0 Å². The van der Waals surface area contributed by atoms with Gasteiger partial charge in [-0.2, -0.15) is 0 Å². The molecule has 0 aromatic heterocycles. The molecule has 0 saturated carbocycles. The van der Waals surface area contributed by atoms with Gasteiger partial charge in [-0.1, -0.05) is 19.4 Å². The van der Waals surface area contributed by atoms with Crippen LogP contribution in [0, 0.1) is 0 Å². The van der Waals surface area contributed by atoms with Gasteiger partial charge in [0.2, 0.25) is 0 Å². The molecule has 1 fully saturated rings. The molecule has 12 heavy (non-hydrogen) atoms. The van der Waals surface area contributed by atoms with Crippen molar-refractivity contribution < 1.29 is 9.47 Å². The lowest BCUT2D eigenvalue weighted by Gasteiger charge is -2.10. The van der Waals surface area contributed by atoms with Crippen LogP contribution in [0.3, 0.4) is 0 Å². The summed E-state index contributed by atoms with van der Waals surface area (Å²) in [5.41, 5.74) is 0. The third kappa shape index (κ3) is 4.90. The maximum absolute atomic E-state index is 5.62. The molecule has 0 bridgehead atoms. The van der Waals surface area contributed by atoms with Crippen molar-refractivity contribution in [3.63, 3.8) is 0 Å². The van der Waals surface area contributed by atoms with Gasteiger partial charge in [-0.15, -0.1) is 0 Å². The van der Waals surface area contributed by atoms with E-state index in [0.29, 0.717) is 12.2 Å². The van der Waals surface area contributed by atoms with Crippen molar-refractivity contribution in [1.29, 1.82) is 0 Å². The lowest BCUT2D eigenvalue weighted by molar-refractivity contribution is 0.0662. The molecule has 1 heterocycles. The Hall–Kier alpha value is 0.137. The summed E-state index contributed by atoms with van der Waals surface area (Å²) in [5.74, 6) is 0. The van der Waals surface area contributed by atoms with Crippen LogP contribution in [-0.2, 0) is 9.47 Å². The molecule has 1 aliphatic rings. The van der Waals surface area contributed by atoms with Gasteiger partial charge in [-0.3, -0.25) is 0 Å². The first-order valence-corrected chi connectivity index (χ1v) is 7.06. The topological polar surface area (TPSA) is 21.8 Å². The fraction of sp³-hybridized carbons (Fsp3) is 1.00. The van der Waals surface area contributed by atoms with Gasteiger partial charge in [-0.25, -0.2) is 0 Å². The molecule has 1 rings (SSSR count). The van der Waals surface area contributed by atoms with Crippen molar-refractivity contribution in [3.8, 4) is 0 Å². The smallest absolute Gasteiger partial charge is 0.104 e. The van der Waals surface area contributed by atoms with Crippen molar-refractivity contribution >= 4 is 9.52 Å². The standard InChI is InChI=1S/C9H20O2Si/c1-3-4-12-7-8(2)10-5-9-6-11-9/h8-9H,3-7,12H2,1-2H3. The quantitative estimate of drug-likeness (QED) is 0.340. The van der Waals surface area contributed by atoms with Crippen molar-refractivity contribution in [3.05, 3.63) is 0 Å². The van der Waals surface area contributed by atoms with E-state index >= 15 is 0 Å². The first kappa shape index (κ1) is 10.2. The average molecular weight is 188 g/mol. The highest BCUT2D eigenvalue weighted by Gasteiger charge is 2.23. The molecule has 0 radical (unpaired) electrons. The molecule has 2 unspecified atom stereocenters. The average Bonchev–Trinajstić information content (AvgIpc) is 2.84. The Morgan fingerprint density at radius 3 is 3.00 bits per heavy atom. The van der Waals surface area contributed by atoms with Gasteiger partial charge in [-0.05, 0) is 13.0 Å². The summed E-state index contributed by atoms with van der Waals surface area (Å²) in [4.78, 5) is 0. The van der Waals surface area contributed by atoms with E-state index in [9.17, 15) is 0 Å². The minimum absolute atomic E-state index is 0.174. The van der Waals surface area contributed by atoms with E-state index in [1.54, 1.807) is 0 Å². The predicted octanol–water partition coefficient (Wildman–Crippen LogP) is 1.21. The Balaban J connectivity index is 1.84. The third-order valence-corrected chi connectivity index (χ3v) is 4.61. The van der Waals surface area contributed by atoms with E-state index in [1.807, 2.05) is 0 Å². The lowest BCUT2D eigenvalue weighted by Crippen LogP contribution is -2.14. The number of hydrogen-bond donors (Lipinski definition) is 0. The monoisotopic (exact) mass is 188 g/mol. The largest absolute Gasteiger partial charge is 0.376 e. The second-order valence-electron chi connectivity index (χ2n) is 3.60. The number of rotatable bonds is 7. The maximum atomic E-state index is 5.62. The number of hydrogen-bond acceptors (Lipinski definition) is 2. The van der Waals surface area contributed by atoms with E-state index in [2.05, 4.69) is 13.8 Å². The van der Waals surface area contributed by atoms with Crippen LogP contribution in [0.15, 0.2) is 0 Å². The summed E-state index contributed by atoms with van der Waals surface area (Å²) in [5, 5.41) is 0. The molecule has 2 nitrogen and oxygen atoms in total. The van der Waals surface area contributed by atoms with E-state index in [1.165, 1.54) is 18.5 Å². The highest BCUT2D eigenvalue weighted by atomic mass is 28.2. The minimum atomic E-state index is 0.174. The third-order valence-electron chi connectivity index (χ3n) is 2.18. The summed E-state index contributed by atoms with van der Waals surface area (Å²) >= 11 is 0. The van der Waals surface area contributed by atoms with Gasteiger partial charge in [0.05, 0.1) is 19.3 Å². The van der Waals surface area contributed by atoms with E-state index in [-0.39, 0.29) is 9.52 Å². The Labute approximate surface area is 77.5 Å². The van der Waals surface area contributed by atoms with Crippen LogP contribution in [0.4, 0.5) is 0 Å².